The fraction of sp³-hybridized carbons (Fsp3) is 0.278. The van der Waals surface area contributed by atoms with Gasteiger partial charge in [-0.3, -0.25) is 4.79 Å². The highest BCUT2D eigenvalue weighted by Crippen LogP contribution is 2.12. The maximum atomic E-state index is 13.5. The molecule has 2 aromatic carbocycles. The van der Waals surface area contributed by atoms with Gasteiger partial charge >= 0.3 is 0 Å². The van der Waals surface area contributed by atoms with Gasteiger partial charge in [-0.05, 0) is 36.1 Å². The maximum Gasteiger partial charge on any atom is 0.222 e. The number of aryl methyl sites for hydroxylation is 2. The van der Waals surface area contributed by atoms with Crippen molar-refractivity contribution < 1.29 is 9.18 Å². The van der Waals surface area contributed by atoms with Crippen molar-refractivity contribution in [3.8, 4) is 0 Å². The van der Waals surface area contributed by atoms with E-state index in [1.54, 1.807) is 30.1 Å². The van der Waals surface area contributed by atoms with E-state index in [0.717, 1.165) is 5.56 Å². The first kappa shape index (κ1) is 15.2. The largest absolute Gasteiger partial charge is 0.341 e. The smallest absolute Gasteiger partial charge is 0.222 e. The van der Waals surface area contributed by atoms with E-state index in [4.69, 9.17) is 0 Å². The van der Waals surface area contributed by atoms with Crippen LogP contribution >= 0.6 is 0 Å². The Kier molecular flexibility index (Phi) is 5.09. The molecule has 2 rings (SSSR count). The van der Waals surface area contributed by atoms with Crippen LogP contribution in [0.5, 0.6) is 0 Å². The van der Waals surface area contributed by atoms with Crippen LogP contribution in [0, 0.1) is 12.7 Å². The van der Waals surface area contributed by atoms with Crippen molar-refractivity contribution in [2.45, 2.75) is 26.3 Å². The maximum absolute atomic E-state index is 13.5. The van der Waals surface area contributed by atoms with Gasteiger partial charge in [-0.2, -0.15) is 0 Å². The lowest BCUT2D eigenvalue weighted by molar-refractivity contribution is -0.130. The topological polar surface area (TPSA) is 20.3 Å². The molecule has 110 valence electrons. The summed E-state index contributed by atoms with van der Waals surface area (Å²) in [6.45, 7) is 2.62. The molecule has 0 aromatic heterocycles. The minimum Gasteiger partial charge on any atom is -0.341 e. The molecule has 2 nitrogen and oxygen atoms in total. The van der Waals surface area contributed by atoms with Crippen LogP contribution in [0.1, 0.15) is 23.1 Å². The molecule has 2 aromatic rings. The molecule has 1 amide bonds. The van der Waals surface area contributed by atoms with E-state index < -0.39 is 0 Å². The van der Waals surface area contributed by atoms with Crippen LogP contribution in [0.2, 0.25) is 0 Å². The fourth-order valence-electron chi connectivity index (χ4n) is 2.26. The molecule has 21 heavy (non-hydrogen) atoms. The van der Waals surface area contributed by atoms with Crippen LogP contribution in [-0.4, -0.2) is 17.9 Å². The van der Waals surface area contributed by atoms with Crippen LogP contribution < -0.4 is 0 Å². The Hall–Kier alpha value is -2.16. The number of benzene rings is 2. The Labute approximate surface area is 125 Å². The number of carbonyl (C=O) groups excluding carboxylic acids is 1. The second-order valence-electron chi connectivity index (χ2n) is 5.27. The molecule has 0 aliphatic heterocycles. The van der Waals surface area contributed by atoms with Crippen molar-refractivity contribution in [3.63, 3.8) is 0 Å². The average molecular weight is 285 g/mol. The predicted octanol–water partition coefficient (Wildman–Crippen LogP) is 3.73. The normalized spacial score (nSPS) is 10.4. The van der Waals surface area contributed by atoms with Gasteiger partial charge in [0.2, 0.25) is 5.91 Å². The van der Waals surface area contributed by atoms with Crippen LogP contribution in [0.15, 0.2) is 48.5 Å². The van der Waals surface area contributed by atoms with E-state index in [-0.39, 0.29) is 11.7 Å². The molecule has 0 atom stereocenters. The lowest BCUT2D eigenvalue weighted by atomic mass is 10.1. The van der Waals surface area contributed by atoms with Gasteiger partial charge < -0.3 is 4.90 Å². The number of rotatable bonds is 5. The molecular weight excluding hydrogens is 265 g/mol. The zero-order valence-corrected chi connectivity index (χ0v) is 12.5. The Morgan fingerprint density at radius 2 is 1.67 bits per heavy atom. The molecule has 0 radical (unpaired) electrons. The van der Waals surface area contributed by atoms with Gasteiger partial charge in [0, 0.05) is 20.0 Å². The number of carbonyl (C=O) groups is 1. The second kappa shape index (κ2) is 7.02. The van der Waals surface area contributed by atoms with Crippen LogP contribution in [0.25, 0.3) is 0 Å². The number of halogens is 1. The number of amides is 1. The van der Waals surface area contributed by atoms with Gasteiger partial charge in [0.05, 0.1) is 0 Å². The molecular formula is C18H20FNO. The summed E-state index contributed by atoms with van der Waals surface area (Å²) in [6.07, 6.45) is 0.757. The van der Waals surface area contributed by atoms with Gasteiger partial charge in [-0.25, -0.2) is 4.39 Å². The first-order valence-corrected chi connectivity index (χ1v) is 7.10. The average Bonchev–Trinajstić information content (AvgIpc) is 2.48. The predicted molar refractivity (Wildman–Crippen MR) is 82.4 cm³/mol. The number of hydrogen-bond donors (Lipinski definition) is 0. The van der Waals surface area contributed by atoms with Gasteiger partial charge in [0.25, 0.3) is 0 Å². The van der Waals surface area contributed by atoms with Gasteiger partial charge in [-0.1, -0.05) is 42.5 Å². The van der Waals surface area contributed by atoms with Crippen molar-refractivity contribution in [2.75, 3.05) is 7.05 Å². The molecule has 0 N–H and O–H groups in total. The molecule has 0 spiro atoms. The summed E-state index contributed by atoms with van der Waals surface area (Å²) in [5.41, 5.74) is 2.90. The van der Waals surface area contributed by atoms with Crippen molar-refractivity contribution in [1.82, 2.24) is 4.90 Å². The standard InChI is InChI=1S/C18H20FNO/c1-14-7-3-4-9-16(14)13-20(2)18(21)12-11-15-8-5-6-10-17(15)19/h3-10H,11-13H2,1-2H3. The third kappa shape index (κ3) is 4.15. The van der Waals surface area contributed by atoms with E-state index >= 15 is 0 Å². The van der Waals surface area contributed by atoms with Crippen LogP contribution in [0.4, 0.5) is 4.39 Å². The summed E-state index contributed by atoms with van der Waals surface area (Å²) in [7, 11) is 1.79. The summed E-state index contributed by atoms with van der Waals surface area (Å²) >= 11 is 0. The summed E-state index contributed by atoms with van der Waals surface area (Å²) in [6, 6.07) is 14.6. The molecule has 0 aliphatic rings. The summed E-state index contributed by atoms with van der Waals surface area (Å²) in [5, 5.41) is 0. The first-order valence-electron chi connectivity index (χ1n) is 7.10. The van der Waals surface area contributed by atoms with E-state index in [2.05, 4.69) is 0 Å². The lowest BCUT2D eigenvalue weighted by Gasteiger charge is -2.18. The quantitative estimate of drug-likeness (QED) is 0.820. The minimum absolute atomic E-state index is 0.0292. The van der Waals surface area contributed by atoms with E-state index in [0.29, 0.717) is 24.9 Å². The molecule has 0 heterocycles. The Balaban J connectivity index is 1.91. The van der Waals surface area contributed by atoms with Crippen molar-refractivity contribution in [3.05, 3.63) is 71.0 Å². The minimum atomic E-state index is -0.244. The molecule has 3 heteroatoms. The van der Waals surface area contributed by atoms with Gasteiger partial charge in [-0.15, -0.1) is 0 Å². The zero-order valence-electron chi connectivity index (χ0n) is 12.5. The fourth-order valence-corrected chi connectivity index (χ4v) is 2.26. The molecule has 0 aliphatic carbocycles. The Bertz CT molecular complexity index is 624. The van der Waals surface area contributed by atoms with E-state index in [1.807, 2.05) is 31.2 Å². The zero-order chi connectivity index (χ0) is 15.2. The monoisotopic (exact) mass is 285 g/mol. The third-order valence-electron chi connectivity index (χ3n) is 3.66. The van der Waals surface area contributed by atoms with Crippen LogP contribution in [-0.2, 0) is 17.8 Å². The number of hydrogen-bond acceptors (Lipinski definition) is 1. The van der Waals surface area contributed by atoms with Crippen molar-refractivity contribution in [1.29, 1.82) is 0 Å². The third-order valence-corrected chi connectivity index (χ3v) is 3.66. The Morgan fingerprint density at radius 1 is 1.05 bits per heavy atom. The second-order valence-corrected chi connectivity index (χ2v) is 5.27. The van der Waals surface area contributed by atoms with Crippen molar-refractivity contribution >= 4 is 5.91 Å². The first-order chi connectivity index (χ1) is 10.1. The van der Waals surface area contributed by atoms with Crippen molar-refractivity contribution in [2.24, 2.45) is 0 Å². The molecule has 0 fully saturated rings. The SMILES string of the molecule is Cc1ccccc1CN(C)C(=O)CCc1ccccc1F. The summed E-state index contributed by atoms with van der Waals surface area (Å²) < 4.78 is 13.5. The van der Waals surface area contributed by atoms with Gasteiger partial charge in [0.1, 0.15) is 5.82 Å². The van der Waals surface area contributed by atoms with E-state index in [1.165, 1.54) is 11.6 Å². The molecule has 0 bridgehead atoms. The van der Waals surface area contributed by atoms with Crippen LogP contribution in [0.3, 0.4) is 0 Å². The molecule has 0 unspecified atom stereocenters. The molecule has 0 saturated heterocycles. The van der Waals surface area contributed by atoms with Gasteiger partial charge in [0.15, 0.2) is 0 Å². The highest BCUT2D eigenvalue weighted by Gasteiger charge is 2.11. The summed E-state index contributed by atoms with van der Waals surface area (Å²) in [4.78, 5) is 13.8. The lowest BCUT2D eigenvalue weighted by Crippen LogP contribution is -2.26. The highest BCUT2D eigenvalue weighted by molar-refractivity contribution is 5.76. The van der Waals surface area contributed by atoms with E-state index in [9.17, 15) is 9.18 Å². The highest BCUT2D eigenvalue weighted by atomic mass is 19.1. The Morgan fingerprint density at radius 3 is 2.33 bits per heavy atom. The number of nitrogens with zero attached hydrogens (tertiary/aromatic N) is 1. The molecule has 0 saturated carbocycles. The summed E-state index contributed by atoms with van der Waals surface area (Å²) in [5.74, 6) is -0.214.